The first-order valence-electron chi connectivity index (χ1n) is 8.02. The van der Waals surface area contributed by atoms with Gasteiger partial charge in [-0.25, -0.2) is 0 Å². The number of rotatable bonds is 4. The standard InChI is InChI=1S/C17H21ClN4O3.HI/c1-10-13(11(2)25-22-10)9-21-17(19-3)20-8-12-6-14(18)16-15(7-12)23-4-5-24-16;/h6-7H,4-5,8-9H2,1-3H3,(H2,19,20,21);1H. The minimum atomic E-state index is 0. The Balaban J connectivity index is 0.00000243. The summed E-state index contributed by atoms with van der Waals surface area (Å²) in [7, 11) is 1.72. The van der Waals surface area contributed by atoms with Gasteiger partial charge >= 0.3 is 0 Å². The second kappa shape index (κ2) is 9.31. The molecule has 0 saturated heterocycles. The van der Waals surface area contributed by atoms with Crippen molar-refractivity contribution in [3.8, 4) is 11.5 Å². The number of aromatic nitrogens is 1. The summed E-state index contributed by atoms with van der Waals surface area (Å²) in [6.45, 7) is 6.00. The quantitative estimate of drug-likeness (QED) is 0.388. The Labute approximate surface area is 174 Å². The van der Waals surface area contributed by atoms with E-state index in [1.54, 1.807) is 7.05 Å². The number of hydrogen-bond acceptors (Lipinski definition) is 5. The second-order valence-electron chi connectivity index (χ2n) is 5.68. The van der Waals surface area contributed by atoms with E-state index in [9.17, 15) is 0 Å². The maximum Gasteiger partial charge on any atom is 0.191 e. The lowest BCUT2D eigenvalue weighted by atomic mass is 10.2. The van der Waals surface area contributed by atoms with Gasteiger partial charge in [-0.15, -0.1) is 24.0 Å². The van der Waals surface area contributed by atoms with Crippen molar-refractivity contribution in [3.63, 3.8) is 0 Å². The molecular weight excluding hydrogens is 471 g/mol. The lowest BCUT2D eigenvalue weighted by Crippen LogP contribution is -2.36. The third kappa shape index (κ3) is 4.73. The van der Waals surface area contributed by atoms with Gasteiger partial charge in [-0.2, -0.15) is 0 Å². The van der Waals surface area contributed by atoms with Crippen molar-refractivity contribution >= 4 is 41.5 Å². The highest BCUT2D eigenvalue weighted by Crippen LogP contribution is 2.38. The largest absolute Gasteiger partial charge is 0.486 e. The Morgan fingerprint density at radius 2 is 1.92 bits per heavy atom. The number of ether oxygens (including phenoxy) is 2. The highest BCUT2D eigenvalue weighted by atomic mass is 127. The number of fused-ring (bicyclic) bond motifs is 1. The summed E-state index contributed by atoms with van der Waals surface area (Å²) >= 11 is 6.26. The number of nitrogens with one attached hydrogen (secondary N) is 2. The Morgan fingerprint density at radius 1 is 1.19 bits per heavy atom. The van der Waals surface area contributed by atoms with Crippen LogP contribution in [0, 0.1) is 13.8 Å². The number of aliphatic imine (C=N–C) groups is 1. The summed E-state index contributed by atoms with van der Waals surface area (Å²) in [5.74, 6) is 2.76. The van der Waals surface area contributed by atoms with E-state index in [1.165, 1.54) is 0 Å². The number of hydrogen-bond donors (Lipinski definition) is 2. The van der Waals surface area contributed by atoms with Gasteiger partial charge in [-0.3, -0.25) is 4.99 Å². The molecule has 0 atom stereocenters. The number of aryl methyl sites for hydroxylation is 2. The summed E-state index contributed by atoms with van der Waals surface area (Å²) in [6, 6.07) is 3.79. The van der Waals surface area contributed by atoms with Gasteiger partial charge in [0.1, 0.15) is 19.0 Å². The Kier molecular flexibility index (Phi) is 7.39. The summed E-state index contributed by atoms with van der Waals surface area (Å²) in [4.78, 5) is 4.23. The monoisotopic (exact) mass is 492 g/mol. The first-order chi connectivity index (χ1) is 12.1. The molecule has 0 fully saturated rings. The third-order valence-electron chi connectivity index (χ3n) is 3.95. The van der Waals surface area contributed by atoms with Crippen LogP contribution in [0.1, 0.15) is 22.6 Å². The van der Waals surface area contributed by atoms with E-state index in [0.717, 1.165) is 22.6 Å². The molecule has 0 amide bonds. The average molecular weight is 493 g/mol. The van der Waals surface area contributed by atoms with E-state index in [1.807, 2.05) is 26.0 Å². The van der Waals surface area contributed by atoms with Crippen LogP contribution >= 0.6 is 35.6 Å². The molecule has 0 saturated carbocycles. The first kappa shape index (κ1) is 20.6. The maximum atomic E-state index is 6.26. The number of halogens is 2. The molecule has 2 heterocycles. The van der Waals surface area contributed by atoms with Crippen LogP contribution in [-0.4, -0.2) is 31.4 Å². The van der Waals surface area contributed by atoms with Crippen LogP contribution in [0.5, 0.6) is 11.5 Å². The van der Waals surface area contributed by atoms with Crippen LogP contribution in [0.25, 0.3) is 0 Å². The number of benzene rings is 1. The molecule has 1 aromatic carbocycles. The molecule has 3 rings (SSSR count). The molecule has 0 spiro atoms. The van der Waals surface area contributed by atoms with E-state index >= 15 is 0 Å². The van der Waals surface area contributed by atoms with Crippen molar-refractivity contribution in [3.05, 3.63) is 39.7 Å². The van der Waals surface area contributed by atoms with E-state index in [2.05, 4.69) is 20.8 Å². The van der Waals surface area contributed by atoms with Crippen molar-refractivity contribution in [2.45, 2.75) is 26.9 Å². The molecule has 2 N–H and O–H groups in total. The molecule has 7 nitrogen and oxygen atoms in total. The molecule has 142 valence electrons. The van der Waals surface area contributed by atoms with Gasteiger partial charge < -0.3 is 24.6 Å². The Hall–Kier alpha value is -1.68. The van der Waals surface area contributed by atoms with Crippen molar-refractivity contribution in [1.29, 1.82) is 0 Å². The molecule has 0 radical (unpaired) electrons. The third-order valence-corrected chi connectivity index (χ3v) is 4.23. The first-order valence-corrected chi connectivity index (χ1v) is 8.40. The molecule has 1 aliphatic heterocycles. The fourth-order valence-corrected chi connectivity index (χ4v) is 2.89. The van der Waals surface area contributed by atoms with Crippen molar-refractivity contribution in [2.24, 2.45) is 4.99 Å². The van der Waals surface area contributed by atoms with Gasteiger partial charge in [0.2, 0.25) is 0 Å². The lowest BCUT2D eigenvalue weighted by molar-refractivity contribution is 0.171. The van der Waals surface area contributed by atoms with Gasteiger partial charge in [0.15, 0.2) is 17.5 Å². The van der Waals surface area contributed by atoms with Crippen molar-refractivity contribution < 1.29 is 14.0 Å². The molecule has 1 aromatic heterocycles. The smallest absolute Gasteiger partial charge is 0.191 e. The Morgan fingerprint density at radius 3 is 2.62 bits per heavy atom. The summed E-state index contributed by atoms with van der Waals surface area (Å²) < 4.78 is 16.3. The van der Waals surface area contributed by atoms with E-state index < -0.39 is 0 Å². The minimum Gasteiger partial charge on any atom is -0.486 e. The number of guanidine groups is 1. The summed E-state index contributed by atoms with van der Waals surface area (Å²) in [5.41, 5.74) is 2.89. The predicted molar refractivity (Wildman–Crippen MR) is 111 cm³/mol. The van der Waals surface area contributed by atoms with Crippen molar-refractivity contribution in [1.82, 2.24) is 15.8 Å². The SMILES string of the molecule is CN=C(NCc1cc(Cl)c2c(c1)OCCO2)NCc1c(C)noc1C.I. The van der Waals surface area contributed by atoms with Gasteiger partial charge in [0, 0.05) is 25.7 Å². The molecule has 0 bridgehead atoms. The fraction of sp³-hybridized carbons (Fsp3) is 0.412. The highest BCUT2D eigenvalue weighted by Gasteiger charge is 2.16. The Bertz CT molecular complexity index is 775. The maximum absolute atomic E-state index is 6.26. The number of nitrogens with zero attached hydrogens (tertiary/aromatic N) is 2. The summed E-state index contributed by atoms with van der Waals surface area (Å²) in [5, 5.41) is 11.0. The van der Waals surface area contributed by atoms with E-state index in [4.69, 9.17) is 25.6 Å². The zero-order valence-electron chi connectivity index (χ0n) is 14.9. The van der Waals surface area contributed by atoms with E-state index in [-0.39, 0.29) is 24.0 Å². The molecular formula is C17H22ClIN4O3. The normalized spacial score (nSPS) is 13.2. The fourth-order valence-electron chi connectivity index (χ4n) is 2.60. The minimum absolute atomic E-state index is 0. The van der Waals surface area contributed by atoms with E-state index in [0.29, 0.717) is 48.8 Å². The zero-order valence-corrected chi connectivity index (χ0v) is 18.0. The van der Waals surface area contributed by atoms with Crippen LogP contribution < -0.4 is 20.1 Å². The molecule has 9 heteroatoms. The summed E-state index contributed by atoms with van der Waals surface area (Å²) in [6.07, 6.45) is 0. The van der Waals surface area contributed by atoms with Crippen LogP contribution in [0.2, 0.25) is 5.02 Å². The van der Waals surface area contributed by atoms with Gasteiger partial charge in [-0.05, 0) is 31.5 Å². The van der Waals surface area contributed by atoms with Crippen LogP contribution in [0.15, 0.2) is 21.6 Å². The van der Waals surface area contributed by atoms with Gasteiger partial charge in [0.25, 0.3) is 0 Å². The van der Waals surface area contributed by atoms with Crippen LogP contribution in [0.4, 0.5) is 0 Å². The molecule has 26 heavy (non-hydrogen) atoms. The van der Waals surface area contributed by atoms with Gasteiger partial charge in [0.05, 0.1) is 10.7 Å². The molecule has 1 aliphatic rings. The topological polar surface area (TPSA) is 80.9 Å². The van der Waals surface area contributed by atoms with Crippen LogP contribution in [0.3, 0.4) is 0 Å². The highest BCUT2D eigenvalue weighted by molar-refractivity contribution is 14.0. The molecule has 0 aliphatic carbocycles. The molecule has 0 unspecified atom stereocenters. The van der Waals surface area contributed by atoms with Crippen molar-refractivity contribution in [2.75, 3.05) is 20.3 Å². The van der Waals surface area contributed by atoms with Gasteiger partial charge in [-0.1, -0.05) is 16.8 Å². The average Bonchev–Trinajstić information content (AvgIpc) is 2.93. The lowest BCUT2D eigenvalue weighted by Gasteiger charge is -2.20. The molecule has 2 aromatic rings. The zero-order chi connectivity index (χ0) is 17.8. The van der Waals surface area contributed by atoms with Crippen LogP contribution in [-0.2, 0) is 13.1 Å². The predicted octanol–water partition coefficient (Wildman–Crippen LogP) is 3.20. The second-order valence-corrected chi connectivity index (χ2v) is 6.09.